The summed E-state index contributed by atoms with van der Waals surface area (Å²) >= 11 is 5.22. The highest BCUT2D eigenvalue weighted by atomic mass is 32.1. The number of ether oxygens (including phenoxy) is 1. The number of aliphatic hydroxyl groups is 1. The average molecular weight is 345 g/mol. The number of hydrogen-bond acceptors (Lipinski definition) is 4. The highest BCUT2D eigenvalue weighted by molar-refractivity contribution is 7.80. The molecule has 128 valence electrons. The molecule has 1 aromatic carbocycles. The topological polar surface area (TPSA) is 49.8 Å². The monoisotopic (exact) mass is 345 g/mol. The average Bonchev–Trinajstić information content (AvgIpc) is 2.93. The van der Waals surface area contributed by atoms with E-state index in [0.717, 1.165) is 5.56 Å². The number of aliphatic hydroxyl groups excluding tert-OH is 1. The fourth-order valence-electron chi connectivity index (χ4n) is 2.84. The number of amides is 1. The van der Waals surface area contributed by atoms with Crippen molar-refractivity contribution in [2.75, 3.05) is 6.61 Å². The zero-order valence-electron chi connectivity index (χ0n) is 13.8. The minimum atomic E-state index is -0.874. The first-order valence-corrected chi connectivity index (χ1v) is 8.44. The first kappa shape index (κ1) is 18.4. The maximum atomic E-state index is 13.0. The number of rotatable bonds is 7. The van der Waals surface area contributed by atoms with Crippen LogP contribution in [0.3, 0.4) is 0 Å². The van der Waals surface area contributed by atoms with Crippen molar-refractivity contribution >= 4 is 23.3 Å². The Morgan fingerprint density at radius 2 is 2.21 bits per heavy atom. The van der Waals surface area contributed by atoms with E-state index in [1.165, 1.54) is 4.90 Å². The SMILES string of the molecule is C=CC[C@H](C(=O)N1C(=S)OC[C@H]1Cc1ccccc1)[C@H](O)/C=C/C. The van der Waals surface area contributed by atoms with Gasteiger partial charge in [0.15, 0.2) is 0 Å². The van der Waals surface area contributed by atoms with Gasteiger partial charge in [0, 0.05) is 0 Å². The number of benzene rings is 1. The third kappa shape index (κ3) is 4.30. The molecule has 0 spiro atoms. The highest BCUT2D eigenvalue weighted by Crippen LogP contribution is 2.23. The third-order valence-corrected chi connectivity index (χ3v) is 4.37. The molecule has 1 aromatic rings. The van der Waals surface area contributed by atoms with Crippen LogP contribution in [0.5, 0.6) is 0 Å². The molecule has 0 bridgehead atoms. The molecular weight excluding hydrogens is 322 g/mol. The second-order valence-electron chi connectivity index (χ2n) is 5.78. The quantitative estimate of drug-likeness (QED) is 0.610. The van der Waals surface area contributed by atoms with E-state index in [4.69, 9.17) is 17.0 Å². The van der Waals surface area contributed by atoms with Crippen molar-refractivity contribution in [2.45, 2.75) is 31.9 Å². The maximum absolute atomic E-state index is 13.0. The van der Waals surface area contributed by atoms with Gasteiger partial charge in [-0.3, -0.25) is 9.69 Å². The summed E-state index contributed by atoms with van der Waals surface area (Å²) in [5, 5.41) is 10.4. The van der Waals surface area contributed by atoms with Crippen LogP contribution in [0.2, 0.25) is 0 Å². The van der Waals surface area contributed by atoms with Crippen LogP contribution in [0.25, 0.3) is 0 Å². The summed E-state index contributed by atoms with van der Waals surface area (Å²) in [5.74, 6) is -0.833. The van der Waals surface area contributed by atoms with Crippen LogP contribution in [0.15, 0.2) is 55.1 Å². The Kier molecular flexibility index (Phi) is 6.70. The van der Waals surface area contributed by atoms with E-state index >= 15 is 0 Å². The number of thiocarbonyl (C=S) groups is 1. The lowest BCUT2D eigenvalue weighted by Gasteiger charge is -2.27. The van der Waals surface area contributed by atoms with E-state index in [2.05, 4.69) is 6.58 Å². The summed E-state index contributed by atoms with van der Waals surface area (Å²) in [6, 6.07) is 9.76. The molecular formula is C19H23NO3S. The van der Waals surface area contributed by atoms with E-state index in [9.17, 15) is 9.90 Å². The molecule has 0 unspecified atom stereocenters. The summed E-state index contributed by atoms with van der Waals surface area (Å²) < 4.78 is 5.45. The van der Waals surface area contributed by atoms with Crippen LogP contribution in [-0.2, 0) is 16.0 Å². The van der Waals surface area contributed by atoms with Gasteiger partial charge >= 0.3 is 0 Å². The van der Waals surface area contributed by atoms with Crippen LogP contribution in [-0.4, -0.2) is 39.8 Å². The second-order valence-corrected chi connectivity index (χ2v) is 6.13. The number of nitrogens with zero attached hydrogens (tertiary/aromatic N) is 1. The van der Waals surface area contributed by atoms with Crippen LogP contribution in [0.1, 0.15) is 18.9 Å². The van der Waals surface area contributed by atoms with Gasteiger partial charge in [-0.1, -0.05) is 48.6 Å². The first-order chi connectivity index (χ1) is 11.6. The van der Waals surface area contributed by atoms with Gasteiger partial charge < -0.3 is 9.84 Å². The molecule has 5 heteroatoms. The predicted molar refractivity (Wildman–Crippen MR) is 98.5 cm³/mol. The Bertz CT molecular complexity index is 614. The molecule has 0 radical (unpaired) electrons. The second kappa shape index (κ2) is 8.76. The van der Waals surface area contributed by atoms with Gasteiger partial charge in [-0.25, -0.2) is 0 Å². The number of carbonyl (C=O) groups excluding carboxylic acids is 1. The molecule has 1 aliphatic rings. The Morgan fingerprint density at radius 1 is 1.50 bits per heavy atom. The molecule has 1 N–H and O–H groups in total. The van der Waals surface area contributed by atoms with Gasteiger partial charge in [0.25, 0.3) is 5.17 Å². The number of hydrogen-bond donors (Lipinski definition) is 1. The Balaban J connectivity index is 2.19. The summed E-state index contributed by atoms with van der Waals surface area (Å²) in [7, 11) is 0. The largest absolute Gasteiger partial charge is 0.468 e. The van der Waals surface area contributed by atoms with Gasteiger partial charge in [-0.15, -0.1) is 6.58 Å². The Morgan fingerprint density at radius 3 is 2.83 bits per heavy atom. The van der Waals surface area contributed by atoms with E-state index in [0.29, 0.717) is 19.4 Å². The minimum absolute atomic E-state index is 0.155. The fraction of sp³-hybridized carbons (Fsp3) is 0.368. The molecule has 1 aliphatic heterocycles. The van der Waals surface area contributed by atoms with Crippen molar-refractivity contribution < 1.29 is 14.6 Å². The molecule has 24 heavy (non-hydrogen) atoms. The van der Waals surface area contributed by atoms with Crippen molar-refractivity contribution in [1.82, 2.24) is 4.90 Å². The van der Waals surface area contributed by atoms with Gasteiger partial charge in [-0.2, -0.15) is 0 Å². The van der Waals surface area contributed by atoms with Gasteiger partial charge in [0.2, 0.25) is 5.91 Å². The maximum Gasteiger partial charge on any atom is 0.266 e. The summed E-state index contributed by atoms with van der Waals surface area (Å²) in [6.45, 7) is 5.87. The molecule has 4 nitrogen and oxygen atoms in total. The zero-order valence-corrected chi connectivity index (χ0v) is 14.6. The zero-order chi connectivity index (χ0) is 17.5. The third-order valence-electron chi connectivity index (χ3n) is 4.05. The molecule has 1 heterocycles. The van der Waals surface area contributed by atoms with Gasteiger partial charge in [0.05, 0.1) is 18.1 Å². The lowest BCUT2D eigenvalue weighted by molar-refractivity contribution is -0.135. The molecule has 1 amide bonds. The summed E-state index contributed by atoms with van der Waals surface area (Å²) in [6.07, 6.45) is 5.14. The van der Waals surface area contributed by atoms with Crippen molar-refractivity contribution in [3.05, 3.63) is 60.7 Å². The van der Waals surface area contributed by atoms with Crippen molar-refractivity contribution in [2.24, 2.45) is 5.92 Å². The Hall–Kier alpha value is -1.98. The normalized spacial score (nSPS) is 20.0. The minimum Gasteiger partial charge on any atom is -0.468 e. The summed E-state index contributed by atoms with van der Waals surface area (Å²) in [5.41, 5.74) is 1.11. The van der Waals surface area contributed by atoms with Crippen LogP contribution < -0.4 is 0 Å². The predicted octanol–water partition coefficient (Wildman–Crippen LogP) is 2.87. The van der Waals surface area contributed by atoms with E-state index in [-0.39, 0.29) is 17.1 Å². The van der Waals surface area contributed by atoms with E-state index in [1.807, 2.05) is 30.3 Å². The highest BCUT2D eigenvalue weighted by Gasteiger charge is 2.39. The first-order valence-electron chi connectivity index (χ1n) is 8.04. The fourth-order valence-corrected chi connectivity index (χ4v) is 3.15. The van der Waals surface area contributed by atoms with Gasteiger partial charge in [0.1, 0.15) is 6.61 Å². The number of carbonyl (C=O) groups is 1. The van der Waals surface area contributed by atoms with Crippen LogP contribution in [0, 0.1) is 5.92 Å². The molecule has 2 rings (SSSR count). The molecule has 3 atom stereocenters. The van der Waals surface area contributed by atoms with Gasteiger partial charge in [-0.05, 0) is 37.5 Å². The summed E-state index contributed by atoms with van der Waals surface area (Å²) in [4.78, 5) is 14.5. The lowest BCUT2D eigenvalue weighted by atomic mass is 9.95. The van der Waals surface area contributed by atoms with E-state index in [1.54, 1.807) is 25.2 Å². The number of allylic oxidation sites excluding steroid dienone is 2. The van der Waals surface area contributed by atoms with Crippen molar-refractivity contribution in [3.63, 3.8) is 0 Å². The van der Waals surface area contributed by atoms with Crippen LogP contribution in [0.4, 0.5) is 0 Å². The molecule has 1 fully saturated rings. The molecule has 0 aliphatic carbocycles. The molecule has 0 saturated carbocycles. The lowest BCUT2D eigenvalue weighted by Crippen LogP contribution is -2.46. The standard InChI is InChI=1S/C19H23NO3S/c1-3-8-16(17(21)9-4-2)18(22)20-15(13-23-19(20)24)12-14-10-6-5-7-11-14/h3-7,9-11,15-17,21H,1,8,12-13H2,2H3/b9-4+/t15-,16+,17-/m1/s1. The molecule has 1 saturated heterocycles. The van der Waals surface area contributed by atoms with Crippen molar-refractivity contribution in [3.8, 4) is 0 Å². The van der Waals surface area contributed by atoms with E-state index < -0.39 is 12.0 Å². The Labute approximate surface area is 148 Å². The molecule has 0 aromatic heterocycles. The van der Waals surface area contributed by atoms with Crippen LogP contribution >= 0.6 is 12.2 Å². The smallest absolute Gasteiger partial charge is 0.266 e. The van der Waals surface area contributed by atoms with Crippen molar-refractivity contribution in [1.29, 1.82) is 0 Å².